The van der Waals surface area contributed by atoms with Crippen LogP contribution in [0.5, 0.6) is 11.8 Å². The van der Waals surface area contributed by atoms with Gasteiger partial charge in [0.1, 0.15) is 12.4 Å². The van der Waals surface area contributed by atoms with Crippen LogP contribution in [0.15, 0.2) is 6.33 Å². The monoisotopic (exact) mass is 283 g/mol. The Morgan fingerprint density at radius 3 is 2.55 bits per heavy atom. The van der Waals surface area contributed by atoms with E-state index in [0.29, 0.717) is 5.92 Å². The van der Waals surface area contributed by atoms with Gasteiger partial charge in [0.25, 0.3) is 0 Å². The van der Waals surface area contributed by atoms with E-state index in [1.807, 2.05) is 0 Å². The van der Waals surface area contributed by atoms with E-state index in [4.69, 9.17) is 14.6 Å². The standard InChI is InChI=1S/C12H17N3O5/c1-19-11-10(15(17)18)12(14-7-13-11)20-9-4-2-8(6-16)3-5-9/h7-9,16H,2-6H2,1H3. The minimum atomic E-state index is -0.604. The van der Waals surface area contributed by atoms with Crippen LogP contribution >= 0.6 is 0 Å². The Labute approximate surface area is 115 Å². The van der Waals surface area contributed by atoms with Crippen LogP contribution in [0.3, 0.4) is 0 Å². The molecule has 0 bridgehead atoms. The van der Waals surface area contributed by atoms with E-state index < -0.39 is 4.92 Å². The first-order valence-electron chi connectivity index (χ1n) is 6.46. The molecule has 0 unspecified atom stereocenters. The molecule has 1 aromatic heterocycles. The maximum atomic E-state index is 11.1. The fraction of sp³-hybridized carbons (Fsp3) is 0.667. The van der Waals surface area contributed by atoms with Crippen LogP contribution in [0.1, 0.15) is 25.7 Å². The molecule has 0 radical (unpaired) electrons. The summed E-state index contributed by atoms with van der Waals surface area (Å²) in [6.45, 7) is 0.175. The molecule has 1 aliphatic carbocycles. The quantitative estimate of drug-likeness (QED) is 0.641. The average molecular weight is 283 g/mol. The van der Waals surface area contributed by atoms with Crippen molar-refractivity contribution in [1.82, 2.24) is 9.97 Å². The maximum absolute atomic E-state index is 11.1. The van der Waals surface area contributed by atoms with Crippen molar-refractivity contribution in [1.29, 1.82) is 0 Å². The molecule has 110 valence electrons. The summed E-state index contributed by atoms with van der Waals surface area (Å²) in [5, 5.41) is 20.2. The third-order valence-corrected chi connectivity index (χ3v) is 3.46. The lowest BCUT2D eigenvalue weighted by atomic mass is 9.88. The molecule has 1 fully saturated rings. The van der Waals surface area contributed by atoms with Crippen molar-refractivity contribution in [3.8, 4) is 11.8 Å². The van der Waals surface area contributed by atoms with Gasteiger partial charge in [-0.3, -0.25) is 10.1 Å². The van der Waals surface area contributed by atoms with E-state index >= 15 is 0 Å². The SMILES string of the molecule is COc1ncnc(OC2CCC(CO)CC2)c1[N+](=O)[O-]. The zero-order chi connectivity index (χ0) is 14.5. The number of aliphatic hydroxyl groups is 1. The van der Waals surface area contributed by atoms with Crippen LogP contribution in [-0.2, 0) is 0 Å². The lowest BCUT2D eigenvalue weighted by Gasteiger charge is -2.27. The van der Waals surface area contributed by atoms with E-state index in [1.165, 1.54) is 13.4 Å². The zero-order valence-electron chi connectivity index (χ0n) is 11.2. The van der Waals surface area contributed by atoms with Crippen LogP contribution in [0.2, 0.25) is 0 Å². The summed E-state index contributed by atoms with van der Waals surface area (Å²) in [5.74, 6) is 0.128. The molecule has 8 nitrogen and oxygen atoms in total. The van der Waals surface area contributed by atoms with E-state index in [0.717, 1.165) is 25.7 Å². The highest BCUT2D eigenvalue weighted by Crippen LogP contribution is 2.35. The van der Waals surface area contributed by atoms with Crippen LogP contribution in [-0.4, -0.2) is 39.8 Å². The molecular formula is C12H17N3O5. The molecule has 1 heterocycles. The minimum Gasteiger partial charge on any atom is -0.476 e. The summed E-state index contributed by atoms with van der Waals surface area (Å²) in [6.07, 6.45) is 4.23. The fourth-order valence-electron chi connectivity index (χ4n) is 2.33. The molecule has 0 amide bonds. The van der Waals surface area contributed by atoms with Crippen LogP contribution < -0.4 is 9.47 Å². The number of nitro groups is 1. The molecule has 1 saturated carbocycles. The van der Waals surface area contributed by atoms with Crippen molar-refractivity contribution in [2.75, 3.05) is 13.7 Å². The molecule has 0 aromatic carbocycles. The highest BCUT2D eigenvalue weighted by atomic mass is 16.6. The number of rotatable bonds is 5. The normalized spacial score (nSPS) is 22.3. The predicted octanol–water partition coefficient (Wildman–Crippen LogP) is 1.32. The zero-order valence-corrected chi connectivity index (χ0v) is 11.2. The molecule has 1 aliphatic rings. The number of aliphatic hydroxyl groups excluding tert-OH is 1. The fourth-order valence-corrected chi connectivity index (χ4v) is 2.33. The van der Waals surface area contributed by atoms with Crippen molar-refractivity contribution < 1.29 is 19.5 Å². The molecule has 2 rings (SSSR count). The number of ether oxygens (including phenoxy) is 2. The molecule has 0 saturated heterocycles. The number of methoxy groups -OCH3 is 1. The first-order chi connectivity index (χ1) is 9.65. The van der Waals surface area contributed by atoms with Crippen molar-refractivity contribution >= 4 is 5.69 Å². The summed E-state index contributed by atoms with van der Waals surface area (Å²) in [4.78, 5) is 18.0. The smallest absolute Gasteiger partial charge is 0.392 e. The highest BCUT2D eigenvalue weighted by molar-refractivity contribution is 5.49. The topological polar surface area (TPSA) is 108 Å². The van der Waals surface area contributed by atoms with Crippen LogP contribution in [0, 0.1) is 16.0 Å². The third kappa shape index (κ3) is 3.13. The first-order valence-corrected chi connectivity index (χ1v) is 6.46. The van der Waals surface area contributed by atoms with Gasteiger partial charge < -0.3 is 14.6 Å². The predicted molar refractivity (Wildman–Crippen MR) is 68.7 cm³/mol. The summed E-state index contributed by atoms with van der Waals surface area (Å²) in [7, 11) is 1.31. The first kappa shape index (κ1) is 14.4. The highest BCUT2D eigenvalue weighted by Gasteiger charge is 2.29. The van der Waals surface area contributed by atoms with Gasteiger partial charge in [0.15, 0.2) is 0 Å². The maximum Gasteiger partial charge on any atom is 0.392 e. The molecule has 1 N–H and O–H groups in total. The van der Waals surface area contributed by atoms with Gasteiger partial charge in [-0.25, -0.2) is 0 Å². The average Bonchev–Trinajstić information content (AvgIpc) is 2.47. The van der Waals surface area contributed by atoms with Gasteiger partial charge in [-0.1, -0.05) is 0 Å². The van der Waals surface area contributed by atoms with E-state index in [1.54, 1.807) is 0 Å². The van der Waals surface area contributed by atoms with E-state index in [9.17, 15) is 10.1 Å². The second kappa shape index (κ2) is 6.47. The van der Waals surface area contributed by atoms with Gasteiger partial charge in [0.05, 0.1) is 12.0 Å². The molecular weight excluding hydrogens is 266 g/mol. The Morgan fingerprint density at radius 2 is 2.00 bits per heavy atom. The second-order valence-corrected chi connectivity index (χ2v) is 4.74. The van der Waals surface area contributed by atoms with Crippen molar-refractivity contribution in [2.24, 2.45) is 5.92 Å². The molecule has 0 atom stereocenters. The molecule has 0 aliphatic heterocycles. The van der Waals surface area contributed by atoms with Gasteiger partial charge in [-0.15, -0.1) is 0 Å². The van der Waals surface area contributed by atoms with E-state index in [-0.39, 0.29) is 30.2 Å². The number of aromatic nitrogens is 2. The largest absolute Gasteiger partial charge is 0.476 e. The van der Waals surface area contributed by atoms with Gasteiger partial charge in [0.2, 0.25) is 0 Å². The molecule has 1 aromatic rings. The Balaban J connectivity index is 2.12. The van der Waals surface area contributed by atoms with Gasteiger partial charge in [-0.2, -0.15) is 9.97 Å². The Kier molecular flexibility index (Phi) is 4.67. The van der Waals surface area contributed by atoms with Gasteiger partial charge in [0, 0.05) is 6.61 Å². The molecule has 20 heavy (non-hydrogen) atoms. The Hall–Kier alpha value is -1.96. The second-order valence-electron chi connectivity index (χ2n) is 4.74. The number of hydrogen-bond acceptors (Lipinski definition) is 7. The minimum absolute atomic E-state index is 0.0608. The molecule has 0 spiro atoms. The summed E-state index contributed by atoms with van der Waals surface area (Å²) in [6, 6.07) is 0. The number of hydrogen-bond donors (Lipinski definition) is 1. The van der Waals surface area contributed by atoms with E-state index in [2.05, 4.69) is 9.97 Å². The molecule has 8 heteroatoms. The van der Waals surface area contributed by atoms with Crippen molar-refractivity contribution in [3.05, 3.63) is 16.4 Å². The van der Waals surface area contributed by atoms with Gasteiger partial charge in [-0.05, 0) is 31.6 Å². The summed E-state index contributed by atoms with van der Waals surface area (Å²) in [5.41, 5.74) is -0.348. The Morgan fingerprint density at radius 1 is 1.35 bits per heavy atom. The summed E-state index contributed by atoms with van der Waals surface area (Å²) >= 11 is 0. The number of nitrogens with zero attached hydrogens (tertiary/aromatic N) is 3. The van der Waals surface area contributed by atoms with Crippen molar-refractivity contribution in [2.45, 2.75) is 31.8 Å². The van der Waals surface area contributed by atoms with Crippen molar-refractivity contribution in [3.63, 3.8) is 0 Å². The third-order valence-electron chi connectivity index (χ3n) is 3.46. The van der Waals surface area contributed by atoms with Gasteiger partial charge >= 0.3 is 17.4 Å². The van der Waals surface area contributed by atoms with Crippen LogP contribution in [0.4, 0.5) is 5.69 Å². The van der Waals surface area contributed by atoms with Crippen LogP contribution in [0.25, 0.3) is 0 Å². The Bertz CT molecular complexity index is 474. The lowest BCUT2D eigenvalue weighted by molar-refractivity contribution is -0.387. The lowest BCUT2D eigenvalue weighted by Crippen LogP contribution is -2.26. The summed E-state index contributed by atoms with van der Waals surface area (Å²) < 4.78 is 10.5.